The summed E-state index contributed by atoms with van der Waals surface area (Å²) in [6.07, 6.45) is 0. The van der Waals surface area contributed by atoms with Gasteiger partial charge in [0.1, 0.15) is 5.82 Å². The average Bonchev–Trinajstić information content (AvgIpc) is 2.70. The summed E-state index contributed by atoms with van der Waals surface area (Å²) < 4.78 is 12.9. The van der Waals surface area contributed by atoms with E-state index < -0.39 is 0 Å². The molecule has 3 rings (SSSR count). The minimum absolute atomic E-state index is 0.0487. The molecule has 0 spiro atoms. The molecule has 1 aliphatic heterocycles. The fourth-order valence-corrected chi connectivity index (χ4v) is 3.34. The number of hydrogen-bond acceptors (Lipinski definition) is 4. The highest BCUT2D eigenvalue weighted by molar-refractivity contribution is 6.31. The lowest BCUT2D eigenvalue weighted by molar-refractivity contribution is -0.123. The fraction of sp³-hybridized carbons (Fsp3) is 0.333. The lowest BCUT2D eigenvalue weighted by Gasteiger charge is -2.33. The Labute approximate surface area is 174 Å². The molecule has 1 heterocycles. The molecule has 0 bridgehead atoms. The van der Waals surface area contributed by atoms with Gasteiger partial charge in [-0.05, 0) is 35.9 Å². The van der Waals surface area contributed by atoms with Gasteiger partial charge >= 0.3 is 0 Å². The fourth-order valence-electron chi connectivity index (χ4n) is 3.14. The molecule has 29 heavy (non-hydrogen) atoms. The second kappa shape index (κ2) is 10.3. The van der Waals surface area contributed by atoms with Gasteiger partial charge in [-0.15, -0.1) is 0 Å². The maximum absolute atomic E-state index is 12.9. The van der Waals surface area contributed by atoms with Gasteiger partial charge in [0.25, 0.3) is 0 Å². The number of anilines is 1. The Kier molecular flexibility index (Phi) is 7.57. The van der Waals surface area contributed by atoms with E-state index in [0.717, 1.165) is 5.56 Å². The van der Waals surface area contributed by atoms with Gasteiger partial charge < -0.3 is 10.6 Å². The van der Waals surface area contributed by atoms with Crippen molar-refractivity contribution in [2.75, 3.05) is 44.6 Å². The highest BCUT2D eigenvalue weighted by Gasteiger charge is 2.20. The molecule has 0 radical (unpaired) electrons. The molecule has 0 aliphatic carbocycles. The van der Waals surface area contributed by atoms with Crippen LogP contribution in [0, 0.1) is 5.82 Å². The van der Waals surface area contributed by atoms with Gasteiger partial charge in [0.05, 0.1) is 13.1 Å². The summed E-state index contributed by atoms with van der Waals surface area (Å²) in [6.45, 7) is 3.82. The van der Waals surface area contributed by atoms with Crippen molar-refractivity contribution in [2.45, 2.75) is 6.54 Å². The zero-order valence-electron chi connectivity index (χ0n) is 16.0. The highest BCUT2D eigenvalue weighted by Crippen LogP contribution is 2.14. The van der Waals surface area contributed by atoms with Crippen molar-refractivity contribution in [1.29, 1.82) is 0 Å². The van der Waals surface area contributed by atoms with Gasteiger partial charge in [0, 0.05) is 43.4 Å². The molecular formula is C21H24ClFN4O2. The summed E-state index contributed by atoms with van der Waals surface area (Å²) in [6, 6.07) is 13.1. The first kappa shape index (κ1) is 21.2. The zero-order valence-corrected chi connectivity index (χ0v) is 16.8. The van der Waals surface area contributed by atoms with Crippen molar-refractivity contribution in [3.63, 3.8) is 0 Å². The molecule has 2 aromatic rings. The summed E-state index contributed by atoms with van der Waals surface area (Å²) in [5, 5.41) is 6.29. The van der Waals surface area contributed by atoms with Crippen LogP contribution in [-0.4, -0.2) is 60.9 Å². The van der Waals surface area contributed by atoms with Gasteiger partial charge in [-0.25, -0.2) is 4.39 Å². The smallest absolute Gasteiger partial charge is 0.238 e. The molecule has 0 atom stereocenters. The third kappa shape index (κ3) is 6.81. The van der Waals surface area contributed by atoms with Crippen molar-refractivity contribution < 1.29 is 14.0 Å². The van der Waals surface area contributed by atoms with Crippen LogP contribution in [0.25, 0.3) is 0 Å². The van der Waals surface area contributed by atoms with Crippen LogP contribution >= 0.6 is 11.6 Å². The topological polar surface area (TPSA) is 64.7 Å². The Morgan fingerprint density at radius 1 is 0.897 bits per heavy atom. The molecule has 2 aromatic carbocycles. The van der Waals surface area contributed by atoms with Crippen LogP contribution in [0.4, 0.5) is 10.1 Å². The van der Waals surface area contributed by atoms with E-state index in [0.29, 0.717) is 50.0 Å². The lowest BCUT2D eigenvalue weighted by atomic mass is 10.2. The van der Waals surface area contributed by atoms with Crippen LogP contribution in [0.3, 0.4) is 0 Å². The summed E-state index contributed by atoms with van der Waals surface area (Å²) in [7, 11) is 0. The standard InChI is InChI=1S/C21H24ClFN4O2/c22-19-4-2-1-3-16(19)13-24-20(28)14-26-9-11-27(12-10-26)15-21(29)25-18-7-5-17(23)6-8-18/h1-8H,9-15H2,(H,24,28)(H,25,29). The molecule has 1 fully saturated rings. The summed E-state index contributed by atoms with van der Waals surface area (Å²) in [5.74, 6) is -0.523. The van der Waals surface area contributed by atoms with Gasteiger partial charge in [-0.2, -0.15) is 0 Å². The Morgan fingerprint density at radius 2 is 1.48 bits per heavy atom. The number of rotatable bonds is 7. The maximum Gasteiger partial charge on any atom is 0.238 e. The molecule has 0 unspecified atom stereocenters. The normalized spacial score (nSPS) is 15.1. The van der Waals surface area contributed by atoms with E-state index in [1.807, 2.05) is 23.1 Å². The third-order valence-corrected chi connectivity index (χ3v) is 5.13. The maximum atomic E-state index is 12.9. The molecule has 2 N–H and O–H groups in total. The molecule has 8 heteroatoms. The van der Waals surface area contributed by atoms with Crippen LogP contribution in [-0.2, 0) is 16.1 Å². The number of carbonyl (C=O) groups excluding carboxylic acids is 2. The van der Waals surface area contributed by atoms with Crippen LogP contribution < -0.4 is 10.6 Å². The summed E-state index contributed by atoms with van der Waals surface area (Å²) >= 11 is 6.10. The predicted octanol–water partition coefficient (Wildman–Crippen LogP) is 2.35. The molecule has 1 saturated heterocycles. The van der Waals surface area contributed by atoms with Crippen LogP contribution in [0.1, 0.15) is 5.56 Å². The first-order valence-corrected chi connectivity index (χ1v) is 9.87. The lowest BCUT2D eigenvalue weighted by Crippen LogP contribution is -2.50. The van der Waals surface area contributed by atoms with Gasteiger partial charge in [-0.3, -0.25) is 19.4 Å². The number of piperazine rings is 1. The molecular weight excluding hydrogens is 395 g/mol. The zero-order chi connectivity index (χ0) is 20.6. The second-order valence-electron chi connectivity index (χ2n) is 6.98. The minimum atomic E-state index is -0.338. The number of nitrogens with one attached hydrogen (secondary N) is 2. The first-order chi connectivity index (χ1) is 14.0. The van der Waals surface area contributed by atoms with Gasteiger partial charge in [-0.1, -0.05) is 29.8 Å². The number of halogens is 2. The molecule has 0 aromatic heterocycles. The van der Waals surface area contributed by atoms with Crippen LogP contribution in [0.5, 0.6) is 0 Å². The Balaban J connectivity index is 1.35. The number of benzene rings is 2. The minimum Gasteiger partial charge on any atom is -0.351 e. The number of nitrogens with zero attached hydrogens (tertiary/aromatic N) is 2. The van der Waals surface area contributed by atoms with Crippen molar-refractivity contribution in [3.8, 4) is 0 Å². The molecule has 154 valence electrons. The average molecular weight is 419 g/mol. The van der Waals surface area contributed by atoms with E-state index >= 15 is 0 Å². The van der Waals surface area contributed by atoms with E-state index in [4.69, 9.17) is 11.6 Å². The number of amides is 2. The van der Waals surface area contributed by atoms with Crippen molar-refractivity contribution in [2.24, 2.45) is 0 Å². The first-order valence-electron chi connectivity index (χ1n) is 9.50. The van der Waals surface area contributed by atoms with E-state index in [2.05, 4.69) is 15.5 Å². The molecule has 0 saturated carbocycles. The Morgan fingerprint density at radius 3 is 2.10 bits per heavy atom. The highest BCUT2D eigenvalue weighted by atomic mass is 35.5. The van der Waals surface area contributed by atoms with Gasteiger partial charge in [0.2, 0.25) is 11.8 Å². The van der Waals surface area contributed by atoms with Crippen LogP contribution in [0.15, 0.2) is 48.5 Å². The SMILES string of the molecule is O=C(CN1CCN(CC(=O)Nc2ccc(F)cc2)CC1)NCc1ccccc1Cl. The number of carbonyl (C=O) groups is 2. The summed E-state index contributed by atoms with van der Waals surface area (Å²) in [4.78, 5) is 28.4. The Hall–Kier alpha value is -2.48. The number of hydrogen-bond donors (Lipinski definition) is 2. The molecule has 1 aliphatic rings. The largest absolute Gasteiger partial charge is 0.351 e. The van der Waals surface area contributed by atoms with E-state index in [9.17, 15) is 14.0 Å². The predicted molar refractivity (Wildman–Crippen MR) is 111 cm³/mol. The summed E-state index contributed by atoms with van der Waals surface area (Å²) in [5.41, 5.74) is 1.46. The molecule has 2 amide bonds. The second-order valence-corrected chi connectivity index (χ2v) is 7.38. The van der Waals surface area contributed by atoms with Crippen LogP contribution in [0.2, 0.25) is 5.02 Å². The Bertz CT molecular complexity index is 839. The van der Waals surface area contributed by atoms with Crippen molar-refractivity contribution in [3.05, 3.63) is 64.9 Å². The van der Waals surface area contributed by atoms with E-state index in [-0.39, 0.29) is 24.2 Å². The molecule has 6 nitrogen and oxygen atoms in total. The van der Waals surface area contributed by atoms with Crippen molar-refractivity contribution in [1.82, 2.24) is 15.1 Å². The van der Waals surface area contributed by atoms with E-state index in [1.54, 1.807) is 6.07 Å². The van der Waals surface area contributed by atoms with Gasteiger partial charge in [0.15, 0.2) is 0 Å². The van der Waals surface area contributed by atoms with E-state index in [1.165, 1.54) is 24.3 Å². The van der Waals surface area contributed by atoms with Crippen molar-refractivity contribution >= 4 is 29.1 Å². The third-order valence-electron chi connectivity index (χ3n) is 4.76. The quantitative estimate of drug-likeness (QED) is 0.724. The monoisotopic (exact) mass is 418 g/mol.